The Bertz CT molecular complexity index is 1110. The predicted molar refractivity (Wildman–Crippen MR) is 98.4 cm³/mol. The van der Waals surface area contributed by atoms with Crippen molar-refractivity contribution in [2.45, 2.75) is 38.1 Å². The number of fused-ring (bicyclic) bond motifs is 3. The first-order valence-electron chi connectivity index (χ1n) is 8.61. The minimum atomic E-state index is 0.0614. The van der Waals surface area contributed by atoms with E-state index < -0.39 is 0 Å². The molecule has 0 saturated heterocycles. The zero-order valence-corrected chi connectivity index (χ0v) is 14.4. The summed E-state index contributed by atoms with van der Waals surface area (Å²) in [5.41, 5.74) is 1.70. The zero-order chi connectivity index (χ0) is 16.8. The fourth-order valence-electron chi connectivity index (χ4n) is 3.77. The smallest absolute Gasteiger partial charge is 0.271 e. The molecule has 1 aliphatic carbocycles. The number of hydrogen-bond acceptors (Lipinski definition) is 5. The minimum absolute atomic E-state index is 0.0614. The molecule has 5 rings (SSSR count). The van der Waals surface area contributed by atoms with Gasteiger partial charge in [-0.25, -0.2) is 14.6 Å². The average molecular weight is 351 g/mol. The van der Waals surface area contributed by atoms with Crippen molar-refractivity contribution in [2.75, 3.05) is 0 Å². The number of rotatable bonds is 2. The summed E-state index contributed by atoms with van der Waals surface area (Å²) in [6, 6.07) is 4.07. The number of hydrogen-bond donors (Lipinski definition) is 0. The van der Waals surface area contributed by atoms with E-state index in [9.17, 15) is 4.79 Å². The molecular weight excluding hydrogens is 334 g/mol. The fourth-order valence-corrected chi connectivity index (χ4v) is 4.83. The maximum atomic E-state index is 13.1. The van der Waals surface area contributed by atoms with Gasteiger partial charge in [0.15, 0.2) is 0 Å². The van der Waals surface area contributed by atoms with Gasteiger partial charge < -0.3 is 0 Å². The van der Waals surface area contributed by atoms with Gasteiger partial charge in [-0.1, -0.05) is 19.3 Å². The second-order valence-electron chi connectivity index (χ2n) is 6.49. The van der Waals surface area contributed by atoms with Crippen LogP contribution in [0.4, 0.5) is 0 Å². The summed E-state index contributed by atoms with van der Waals surface area (Å²) in [5, 5.41) is 5.22. The van der Waals surface area contributed by atoms with Gasteiger partial charge in [0, 0.05) is 24.6 Å². The highest BCUT2D eigenvalue weighted by molar-refractivity contribution is 7.25. The van der Waals surface area contributed by atoms with Crippen molar-refractivity contribution in [1.29, 1.82) is 0 Å². The SMILES string of the molecule is O=c1c2sc3nccc(-n4cccn4)c3c2ncn1C1CCCCC1. The molecule has 0 unspecified atom stereocenters. The Hall–Kier alpha value is -2.54. The molecule has 1 aliphatic rings. The maximum absolute atomic E-state index is 13.1. The van der Waals surface area contributed by atoms with Gasteiger partial charge in [0.05, 0.1) is 17.4 Å². The van der Waals surface area contributed by atoms with E-state index in [1.807, 2.05) is 22.9 Å². The molecule has 1 saturated carbocycles. The molecule has 7 heteroatoms. The molecule has 0 bridgehead atoms. The van der Waals surface area contributed by atoms with Crippen LogP contribution in [0, 0.1) is 0 Å². The van der Waals surface area contributed by atoms with Crippen molar-refractivity contribution >= 4 is 31.8 Å². The minimum Gasteiger partial charge on any atom is -0.295 e. The Morgan fingerprint density at radius 2 is 2.00 bits per heavy atom. The summed E-state index contributed by atoms with van der Waals surface area (Å²) in [7, 11) is 0. The zero-order valence-electron chi connectivity index (χ0n) is 13.6. The molecule has 4 aromatic rings. The van der Waals surface area contributed by atoms with Crippen LogP contribution in [0.5, 0.6) is 0 Å². The van der Waals surface area contributed by atoms with Crippen molar-refractivity contribution in [1.82, 2.24) is 24.3 Å². The van der Waals surface area contributed by atoms with E-state index in [1.165, 1.54) is 30.6 Å². The highest BCUT2D eigenvalue weighted by Gasteiger charge is 2.21. The van der Waals surface area contributed by atoms with Crippen molar-refractivity contribution in [2.24, 2.45) is 0 Å². The summed E-state index contributed by atoms with van der Waals surface area (Å²) in [5.74, 6) is 0. The van der Waals surface area contributed by atoms with Crippen LogP contribution in [-0.2, 0) is 0 Å². The molecule has 0 aromatic carbocycles. The Labute approximate surface area is 147 Å². The fraction of sp³-hybridized carbons (Fsp3) is 0.333. The Balaban J connectivity index is 1.76. The number of nitrogens with zero attached hydrogens (tertiary/aromatic N) is 5. The van der Waals surface area contributed by atoms with Gasteiger partial charge in [-0.15, -0.1) is 11.3 Å². The molecule has 0 amide bonds. The Morgan fingerprint density at radius 3 is 2.80 bits per heavy atom. The third-order valence-electron chi connectivity index (χ3n) is 5.00. The van der Waals surface area contributed by atoms with E-state index in [1.54, 1.807) is 23.4 Å². The van der Waals surface area contributed by atoms with Crippen LogP contribution < -0.4 is 5.56 Å². The van der Waals surface area contributed by atoms with E-state index in [-0.39, 0.29) is 11.6 Å². The van der Waals surface area contributed by atoms with Crippen molar-refractivity contribution in [3.63, 3.8) is 0 Å². The molecular formula is C18H17N5OS. The first-order valence-corrected chi connectivity index (χ1v) is 9.43. The summed E-state index contributed by atoms with van der Waals surface area (Å²) in [6.45, 7) is 0. The summed E-state index contributed by atoms with van der Waals surface area (Å²) in [6.07, 6.45) is 12.9. The Morgan fingerprint density at radius 1 is 1.12 bits per heavy atom. The van der Waals surface area contributed by atoms with Crippen molar-refractivity contribution < 1.29 is 0 Å². The molecule has 1 fully saturated rings. The quantitative estimate of drug-likeness (QED) is 0.552. The van der Waals surface area contributed by atoms with Crippen LogP contribution in [-0.4, -0.2) is 24.3 Å². The van der Waals surface area contributed by atoms with Gasteiger partial charge in [-0.05, 0) is 25.0 Å². The lowest BCUT2D eigenvalue weighted by Gasteiger charge is -2.23. The second kappa shape index (κ2) is 5.77. The number of aromatic nitrogens is 5. The Kier molecular flexibility index (Phi) is 3.41. The topological polar surface area (TPSA) is 65.6 Å². The van der Waals surface area contributed by atoms with E-state index >= 15 is 0 Å². The summed E-state index contributed by atoms with van der Waals surface area (Å²) in [4.78, 5) is 23.0. The molecule has 0 aliphatic heterocycles. The molecule has 6 nitrogen and oxygen atoms in total. The normalized spacial score (nSPS) is 16.0. The lowest BCUT2D eigenvalue weighted by atomic mass is 9.95. The number of thiophene rings is 1. The highest BCUT2D eigenvalue weighted by atomic mass is 32.1. The van der Waals surface area contributed by atoms with Crippen LogP contribution in [0.2, 0.25) is 0 Å². The van der Waals surface area contributed by atoms with Crippen LogP contribution in [0.1, 0.15) is 38.1 Å². The monoisotopic (exact) mass is 351 g/mol. The largest absolute Gasteiger partial charge is 0.295 e. The van der Waals surface area contributed by atoms with Gasteiger partial charge in [-0.2, -0.15) is 5.10 Å². The van der Waals surface area contributed by atoms with Gasteiger partial charge in [0.25, 0.3) is 5.56 Å². The third-order valence-corrected chi connectivity index (χ3v) is 6.08. The third kappa shape index (κ3) is 2.30. The van der Waals surface area contributed by atoms with Crippen LogP contribution >= 0.6 is 11.3 Å². The van der Waals surface area contributed by atoms with Crippen LogP contribution in [0.3, 0.4) is 0 Å². The van der Waals surface area contributed by atoms with Gasteiger partial charge in [0.2, 0.25) is 0 Å². The molecule has 4 aromatic heterocycles. The maximum Gasteiger partial charge on any atom is 0.271 e. The molecule has 0 spiro atoms. The molecule has 0 N–H and O–H groups in total. The lowest BCUT2D eigenvalue weighted by Crippen LogP contribution is -2.26. The van der Waals surface area contributed by atoms with E-state index in [4.69, 9.17) is 0 Å². The highest BCUT2D eigenvalue weighted by Crippen LogP contribution is 2.34. The van der Waals surface area contributed by atoms with E-state index in [0.29, 0.717) is 4.70 Å². The van der Waals surface area contributed by atoms with Crippen LogP contribution in [0.15, 0.2) is 41.8 Å². The summed E-state index contributed by atoms with van der Waals surface area (Å²) < 4.78 is 4.32. The molecule has 0 radical (unpaired) electrons. The van der Waals surface area contributed by atoms with Gasteiger partial charge in [0.1, 0.15) is 15.0 Å². The van der Waals surface area contributed by atoms with E-state index in [0.717, 1.165) is 34.3 Å². The number of pyridine rings is 1. The van der Waals surface area contributed by atoms with Crippen molar-refractivity contribution in [3.05, 3.63) is 47.4 Å². The lowest BCUT2D eigenvalue weighted by molar-refractivity contribution is 0.345. The van der Waals surface area contributed by atoms with Gasteiger partial charge >= 0.3 is 0 Å². The molecule has 25 heavy (non-hydrogen) atoms. The first kappa shape index (κ1) is 14.8. The second-order valence-corrected chi connectivity index (χ2v) is 7.49. The van der Waals surface area contributed by atoms with Crippen LogP contribution in [0.25, 0.3) is 26.1 Å². The predicted octanol–water partition coefficient (Wildman–Crippen LogP) is 3.70. The van der Waals surface area contributed by atoms with Gasteiger partial charge in [-0.3, -0.25) is 9.36 Å². The standard InChI is InChI=1S/C18H17N5OS/c24-18-16-15(20-11-22(18)12-5-2-1-3-6-12)14-13(23-10-4-8-21-23)7-9-19-17(14)25-16/h4,7-12H,1-3,5-6H2. The molecule has 4 heterocycles. The molecule has 0 atom stereocenters. The molecule has 126 valence electrons. The van der Waals surface area contributed by atoms with Crippen molar-refractivity contribution in [3.8, 4) is 5.69 Å². The first-order chi connectivity index (χ1) is 12.3. The van der Waals surface area contributed by atoms with E-state index in [2.05, 4.69) is 15.1 Å². The summed E-state index contributed by atoms with van der Waals surface area (Å²) >= 11 is 1.43. The average Bonchev–Trinajstić information content (AvgIpc) is 3.31.